The molecule has 20 heavy (non-hydrogen) atoms. The second kappa shape index (κ2) is 5.75. The van der Waals surface area contributed by atoms with Gasteiger partial charge >= 0.3 is 0 Å². The Morgan fingerprint density at radius 3 is 2.65 bits per heavy atom. The molecule has 0 unspecified atom stereocenters. The fraction of sp³-hybridized carbons (Fsp3) is 0.286. The number of methoxy groups -OCH3 is 1. The molecule has 4 nitrogen and oxygen atoms in total. The topological polar surface area (TPSA) is 55.0 Å². The number of benzene rings is 1. The Morgan fingerprint density at radius 1 is 1.40 bits per heavy atom. The van der Waals surface area contributed by atoms with Gasteiger partial charge in [-0.2, -0.15) is 0 Å². The third-order valence-electron chi connectivity index (χ3n) is 2.86. The van der Waals surface area contributed by atoms with Crippen molar-refractivity contribution < 1.29 is 9.13 Å². The van der Waals surface area contributed by atoms with Crippen molar-refractivity contribution in [3.8, 4) is 17.1 Å². The Labute approximate surface area is 124 Å². The van der Waals surface area contributed by atoms with E-state index in [1.165, 1.54) is 19.2 Å². The molecule has 1 aromatic heterocycles. The number of rotatable bonds is 3. The highest BCUT2D eigenvalue weighted by Crippen LogP contribution is 2.25. The van der Waals surface area contributed by atoms with E-state index in [0.717, 1.165) is 0 Å². The van der Waals surface area contributed by atoms with Gasteiger partial charge in [0.2, 0.25) is 0 Å². The summed E-state index contributed by atoms with van der Waals surface area (Å²) in [5.41, 5.74) is 0.852. The maximum absolute atomic E-state index is 13.7. The lowest BCUT2D eigenvalue weighted by atomic mass is 10.1. The molecule has 0 fully saturated rings. The number of H-pyrrole nitrogens is 1. The van der Waals surface area contributed by atoms with Gasteiger partial charge in [0.25, 0.3) is 5.56 Å². The van der Waals surface area contributed by atoms with Crippen molar-refractivity contribution in [2.45, 2.75) is 19.8 Å². The monoisotopic (exact) mass is 340 g/mol. The molecular formula is C14H14BrFN2O2. The average molecular weight is 341 g/mol. The Balaban J connectivity index is 2.58. The van der Waals surface area contributed by atoms with Crippen LogP contribution in [0, 0.1) is 5.82 Å². The molecule has 0 atom stereocenters. The molecule has 1 aromatic carbocycles. The van der Waals surface area contributed by atoms with Crippen molar-refractivity contribution in [3.05, 3.63) is 44.5 Å². The summed E-state index contributed by atoms with van der Waals surface area (Å²) in [6.45, 7) is 3.87. The SMILES string of the molecule is COc1ccc(-c2nc(C(C)C)c(Br)c(=O)[nH]2)cc1F. The summed E-state index contributed by atoms with van der Waals surface area (Å²) in [5, 5.41) is 0. The fourth-order valence-electron chi connectivity index (χ4n) is 1.81. The lowest BCUT2D eigenvalue weighted by Crippen LogP contribution is -2.14. The molecule has 0 bridgehead atoms. The first-order chi connectivity index (χ1) is 9.43. The van der Waals surface area contributed by atoms with E-state index in [1.54, 1.807) is 6.07 Å². The van der Waals surface area contributed by atoms with E-state index in [1.807, 2.05) is 13.8 Å². The summed E-state index contributed by atoms with van der Waals surface area (Å²) in [6.07, 6.45) is 0. The quantitative estimate of drug-likeness (QED) is 0.930. The van der Waals surface area contributed by atoms with Gasteiger partial charge in [0.05, 0.1) is 12.8 Å². The van der Waals surface area contributed by atoms with Crippen LogP contribution in [0.5, 0.6) is 5.75 Å². The lowest BCUT2D eigenvalue weighted by Gasteiger charge is -2.10. The van der Waals surface area contributed by atoms with Crippen molar-refractivity contribution in [1.82, 2.24) is 9.97 Å². The number of hydrogen-bond donors (Lipinski definition) is 1. The zero-order chi connectivity index (χ0) is 14.9. The average Bonchev–Trinajstić information content (AvgIpc) is 2.41. The summed E-state index contributed by atoms with van der Waals surface area (Å²) in [6, 6.07) is 4.44. The molecule has 106 valence electrons. The minimum absolute atomic E-state index is 0.0773. The number of aromatic nitrogens is 2. The summed E-state index contributed by atoms with van der Waals surface area (Å²) in [4.78, 5) is 18.9. The fourth-order valence-corrected chi connectivity index (χ4v) is 2.45. The Kier molecular flexibility index (Phi) is 4.23. The summed E-state index contributed by atoms with van der Waals surface area (Å²) in [5.74, 6) is 0.0657. The second-order valence-electron chi connectivity index (χ2n) is 4.62. The molecule has 0 saturated heterocycles. The van der Waals surface area contributed by atoms with Crippen LogP contribution in [0.2, 0.25) is 0 Å². The maximum atomic E-state index is 13.7. The minimum atomic E-state index is -0.498. The first kappa shape index (κ1) is 14.7. The van der Waals surface area contributed by atoms with E-state index in [4.69, 9.17) is 4.74 Å². The van der Waals surface area contributed by atoms with Crippen molar-refractivity contribution in [2.24, 2.45) is 0 Å². The maximum Gasteiger partial charge on any atom is 0.265 e. The van der Waals surface area contributed by atoms with E-state index >= 15 is 0 Å². The van der Waals surface area contributed by atoms with Crippen LogP contribution in [-0.4, -0.2) is 17.1 Å². The van der Waals surface area contributed by atoms with Gasteiger partial charge in [0.1, 0.15) is 10.3 Å². The van der Waals surface area contributed by atoms with Crippen LogP contribution < -0.4 is 10.3 Å². The van der Waals surface area contributed by atoms with Crippen LogP contribution in [0.25, 0.3) is 11.4 Å². The molecule has 0 spiro atoms. The van der Waals surface area contributed by atoms with Gasteiger partial charge in [-0.3, -0.25) is 4.79 Å². The summed E-state index contributed by atoms with van der Waals surface area (Å²) >= 11 is 3.22. The normalized spacial score (nSPS) is 10.9. The molecule has 0 aliphatic rings. The first-order valence-electron chi connectivity index (χ1n) is 6.07. The van der Waals surface area contributed by atoms with Crippen LogP contribution in [0.3, 0.4) is 0 Å². The van der Waals surface area contributed by atoms with Gasteiger partial charge in [-0.05, 0) is 40.0 Å². The molecule has 2 rings (SSSR count). The van der Waals surface area contributed by atoms with Crippen molar-refractivity contribution in [1.29, 1.82) is 0 Å². The van der Waals surface area contributed by atoms with E-state index in [2.05, 4.69) is 25.9 Å². The van der Waals surface area contributed by atoms with E-state index < -0.39 is 5.82 Å². The summed E-state index contributed by atoms with van der Waals surface area (Å²) < 4.78 is 19.0. The van der Waals surface area contributed by atoms with Crippen molar-refractivity contribution >= 4 is 15.9 Å². The van der Waals surface area contributed by atoms with Gasteiger partial charge in [0.15, 0.2) is 11.6 Å². The Hall–Kier alpha value is -1.69. The first-order valence-corrected chi connectivity index (χ1v) is 6.87. The number of nitrogens with one attached hydrogen (secondary N) is 1. The lowest BCUT2D eigenvalue weighted by molar-refractivity contribution is 0.386. The Morgan fingerprint density at radius 2 is 2.10 bits per heavy atom. The zero-order valence-corrected chi connectivity index (χ0v) is 12.9. The molecule has 0 aliphatic heterocycles. The minimum Gasteiger partial charge on any atom is -0.494 e. The highest BCUT2D eigenvalue weighted by molar-refractivity contribution is 9.10. The predicted molar refractivity (Wildman–Crippen MR) is 78.6 cm³/mol. The molecular weight excluding hydrogens is 327 g/mol. The number of aromatic amines is 1. The molecule has 1 N–H and O–H groups in total. The second-order valence-corrected chi connectivity index (χ2v) is 5.41. The van der Waals surface area contributed by atoms with Crippen LogP contribution in [-0.2, 0) is 0 Å². The van der Waals surface area contributed by atoms with Crippen LogP contribution in [0.4, 0.5) is 4.39 Å². The number of hydrogen-bond acceptors (Lipinski definition) is 3. The smallest absolute Gasteiger partial charge is 0.265 e. The molecule has 0 radical (unpaired) electrons. The van der Waals surface area contributed by atoms with Gasteiger partial charge in [-0.1, -0.05) is 13.8 Å². The van der Waals surface area contributed by atoms with E-state index in [9.17, 15) is 9.18 Å². The molecule has 2 aromatic rings. The number of nitrogens with zero attached hydrogens (tertiary/aromatic N) is 1. The highest BCUT2D eigenvalue weighted by Gasteiger charge is 2.14. The Bertz CT molecular complexity index is 698. The molecule has 0 amide bonds. The number of ether oxygens (including phenoxy) is 1. The molecule has 6 heteroatoms. The zero-order valence-electron chi connectivity index (χ0n) is 11.3. The van der Waals surface area contributed by atoms with E-state index in [0.29, 0.717) is 21.6 Å². The largest absolute Gasteiger partial charge is 0.494 e. The van der Waals surface area contributed by atoms with Gasteiger partial charge in [0, 0.05) is 5.56 Å². The standard InChI is InChI=1S/C14H14BrFN2O2/c1-7(2)12-11(15)14(19)18-13(17-12)8-4-5-10(20-3)9(16)6-8/h4-7H,1-3H3,(H,17,18,19). The molecule has 0 saturated carbocycles. The summed E-state index contributed by atoms with van der Waals surface area (Å²) in [7, 11) is 1.40. The van der Waals surface area contributed by atoms with Crippen LogP contribution >= 0.6 is 15.9 Å². The predicted octanol–water partition coefficient (Wildman–Crippen LogP) is 3.47. The van der Waals surface area contributed by atoms with Crippen molar-refractivity contribution in [3.63, 3.8) is 0 Å². The molecule has 1 heterocycles. The molecule has 0 aliphatic carbocycles. The number of halogens is 2. The van der Waals surface area contributed by atoms with Gasteiger partial charge in [-0.25, -0.2) is 9.37 Å². The van der Waals surface area contributed by atoms with Crippen LogP contribution in [0.15, 0.2) is 27.5 Å². The third kappa shape index (κ3) is 2.75. The van der Waals surface area contributed by atoms with E-state index in [-0.39, 0.29) is 17.2 Å². The van der Waals surface area contributed by atoms with Gasteiger partial charge < -0.3 is 9.72 Å². The van der Waals surface area contributed by atoms with Crippen molar-refractivity contribution in [2.75, 3.05) is 7.11 Å². The van der Waals surface area contributed by atoms with Gasteiger partial charge in [-0.15, -0.1) is 0 Å². The van der Waals surface area contributed by atoms with Crippen LogP contribution in [0.1, 0.15) is 25.5 Å². The third-order valence-corrected chi connectivity index (χ3v) is 3.63. The highest BCUT2D eigenvalue weighted by atomic mass is 79.9.